The minimum absolute atomic E-state index is 0.346. The predicted octanol–water partition coefficient (Wildman–Crippen LogP) is 3.06. The van der Waals surface area contributed by atoms with Gasteiger partial charge in [-0.05, 0) is 48.6 Å². The number of nitrogens with zero attached hydrogens (tertiary/aromatic N) is 1. The molecular weight excluding hydrogens is 366 g/mol. The van der Waals surface area contributed by atoms with E-state index in [0.717, 1.165) is 28.9 Å². The van der Waals surface area contributed by atoms with Crippen LogP contribution in [0, 0.1) is 0 Å². The summed E-state index contributed by atoms with van der Waals surface area (Å²) in [7, 11) is 0. The van der Waals surface area contributed by atoms with Crippen LogP contribution in [-0.4, -0.2) is 29.3 Å². The van der Waals surface area contributed by atoms with Crippen LogP contribution in [0.2, 0.25) is 5.02 Å². The number of imide groups is 1. The number of hydrogen-bond acceptors (Lipinski definition) is 3. The third-order valence-electron chi connectivity index (χ3n) is 5.06. The Bertz CT molecular complexity index is 946. The molecule has 1 unspecified atom stereocenters. The molecule has 0 radical (unpaired) electrons. The van der Waals surface area contributed by atoms with Crippen LogP contribution in [0.3, 0.4) is 0 Å². The van der Waals surface area contributed by atoms with E-state index < -0.39 is 17.5 Å². The van der Waals surface area contributed by atoms with Crippen molar-refractivity contribution >= 4 is 35.1 Å². The lowest BCUT2D eigenvalue weighted by molar-refractivity contribution is -0.134. The SMILES string of the molecule is O=C(CN1C(=O)NC2(CCCc3ccccc32)C1=O)Nc1cccc(Cl)c1. The summed E-state index contributed by atoms with van der Waals surface area (Å²) in [5, 5.41) is 5.99. The number of aryl methyl sites for hydroxylation is 1. The number of benzene rings is 2. The van der Waals surface area contributed by atoms with Gasteiger partial charge in [0, 0.05) is 10.7 Å². The quantitative estimate of drug-likeness (QED) is 0.799. The van der Waals surface area contributed by atoms with E-state index in [9.17, 15) is 14.4 Å². The lowest BCUT2D eigenvalue weighted by Gasteiger charge is -2.33. The van der Waals surface area contributed by atoms with Crippen molar-refractivity contribution in [1.29, 1.82) is 0 Å². The molecule has 4 amide bonds. The standard InChI is InChI=1S/C20H18ClN3O3/c21-14-7-3-8-15(11-14)22-17(25)12-24-18(26)20(23-19(24)27)10-4-6-13-5-1-2-9-16(13)20/h1-3,5,7-9,11H,4,6,10,12H2,(H,22,25)(H,23,27). The van der Waals surface area contributed by atoms with E-state index in [0.29, 0.717) is 17.1 Å². The van der Waals surface area contributed by atoms with E-state index in [-0.39, 0.29) is 12.5 Å². The maximum absolute atomic E-state index is 13.1. The maximum atomic E-state index is 13.1. The highest BCUT2D eigenvalue weighted by Gasteiger charge is 2.54. The third-order valence-corrected chi connectivity index (χ3v) is 5.30. The molecule has 0 aromatic heterocycles. The van der Waals surface area contributed by atoms with Crippen molar-refractivity contribution in [2.45, 2.75) is 24.8 Å². The molecule has 1 fully saturated rings. The van der Waals surface area contributed by atoms with E-state index >= 15 is 0 Å². The molecule has 4 rings (SSSR count). The lowest BCUT2D eigenvalue weighted by atomic mass is 9.76. The zero-order valence-corrected chi connectivity index (χ0v) is 15.3. The Morgan fingerprint density at radius 1 is 1.19 bits per heavy atom. The third kappa shape index (κ3) is 3.06. The molecule has 2 aromatic carbocycles. The summed E-state index contributed by atoms with van der Waals surface area (Å²) in [4.78, 5) is 39.0. The van der Waals surface area contributed by atoms with Crippen molar-refractivity contribution in [3.05, 3.63) is 64.7 Å². The number of carbonyl (C=O) groups excluding carboxylic acids is 3. The Labute approximate surface area is 161 Å². The summed E-state index contributed by atoms with van der Waals surface area (Å²) in [5.41, 5.74) is 1.33. The van der Waals surface area contributed by atoms with Crippen molar-refractivity contribution in [2.24, 2.45) is 0 Å². The van der Waals surface area contributed by atoms with Crippen molar-refractivity contribution < 1.29 is 14.4 Å². The molecule has 1 atom stereocenters. The number of amides is 4. The molecule has 7 heteroatoms. The molecule has 6 nitrogen and oxygen atoms in total. The van der Waals surface area contributed by atoms with Crippen molar-refractivity contribution in [3.8, 4) is 0 Å². The number of hydrogen-bond donors (Lipinski definition) is 2. The van der Waals surface area contributed by atoms with Crippen LogP contribution in [0.15, 0.2) is 48.5 Å². The topological polar surface area (TPSA) is 78.5 Å². The number of urea groups is 1. The second-order valence-corrected chi connectivity index (χ2v) is 7.23. The van der Waals surface area contributed by atoms with Gasteiger partial charge in [0.2, 0.25) is 5.91 Å². The highest BCUT2D eigenvalue weighted by atomic mass is 35.5. The first-order chi connectivity index (χ1) is 13.0. The highest BCUT2D eigenvalue weighted by Crippen LogP contribution is 2.39. The van der Waals surface area contributed by atoms with Crippen LogP contribution >= 0.6 is 11.6 Å². The van der Waals surface area contributed by atoms with E-state index in [2.05, 4.69) is 10.6 Å². The minimum Gasteiger partial charge on any atom is -0.324 e. The number of nitrogens with one attached hydrogen (secondary N) is 2. The Morgan fingerprint density at radius 2 is 2.00 bits per heavy atom. The molecule has 1 spiro atoms. The summed E-state index contributed by atoms with van der Waals surface area (Å²) in [6.07, 6.45) is 2.20. The van der Waals surface area contributed by atoms with Gasteiger partial charge in [-0.25, -0.2) is 4.79 Å². The number of rotatable bonds is 3. The fraction of sp³-hybridized carbons (Fsp3) is 0.250. The number of anilines is 1. The highest BCUT2D eigenvalue weighted by molar-refractivity contribution is 6.30. The van der Waals surface area contributed by atoms with Crippen molar-refractivity contribution in [3.63, 3.8) is 0 Å². The number of halogens is 1. The van der Waals surface area contributed by atoms with Gasteiger partial charge < -0.3 is 10.6 Å². The van der Waals surface area contributed by atoms with Gasteiger partial charge in [-0.15, -0.1) is 0 Å². The molecule has 0 bridgehead atoms. The Hall–Kier alpha value is -2.86. The largest absolute Gasteiger partial charge is 0.325 e. The van der Waals surface area contributed by atoms with Gasteiger partial charge in [-0.2, -0.15) is 0 Å². The molecule has 2 aromatic rings. The Morgan fingerprint density at radius 3 is 2.81 bits per heavy atom. The first kappa shape index (κ1) is 17.5. The van der Waals surface area contributed by atoms with Gasteiger partial charge in [0.15, 0.2) is 0 Å². The Kier molecular flexibility index (Phi) is 4.36. The van der Waals surface area contributed by atoms with Gasteiger partial charge in [0.25, 0.3) is 5.91 Å². The molecule has 1 saturated heterocycles. The summed E-state index contributed by atoms with van der Waals surface area (Å²) in [5.74, 6) is -0.831. The monoisotopic (exact) mass is 383 g/mol. The summed E-state index contributed by atoms with van der Waals surface area (Å²) in [6.45, 7) is -0.346. The second-order valence-electron chi connectivity index (χ2n) is 6.80. The van der Waals surface area contributed by atoms with E-state index in [1.165, 1.54) is 0 Å². The summed E-state index contributed by atoms with van der Waals surface area (Å²) < 4.78 is 0. The zero-order valence-electron chi connectivity index (χ0n) is 14.5. The van der Waals surface area contributed by atoms with Gasteiger partial charge in [-0.1, -0.05) is 41.9 Å². The van der Waals surface area contributed by atoms with Gasteiger partial charge in [-0.3, -0.25) is 14.5 Å². The molecule has 1 heterocycles. The van der Waals surface area contributed by atoms with Gasteiger partial charge >= 0.3 is 6.03 Å². The molecule has 138 valence electrons. The number of fused-ring (bicyclic) bond motifs is 2. The van der Waals surface area contributed by atoms with Gasteiger partial charge in [0.1, 0.15) is 12.1 Å². The number of carbonyl (C=O) groups is 3. The van der Waals surface area contributed by atoms with Crippen LogP contribution in [0.4, 0.5) is 10.5 Å². The van der Waals surface area contributed by atoms with E-state index in [1.54, 1.807) is 24.3 Å². The molecule has 2 N–H and O–H groups in total. The smallest absolute Gasteiger partial charge is 0.324 e. The fourth-order valence-corrected chi connectivity index (χ4v) is 4.06. The second kappa shape index (κ2) is 6.70. The summed E-state index contributed by atoms with van der Waals surface area (Å²) in [6, 6.07) is 13.8. The van der Waals surface area contributed by atoms with Gasteiger partial charge in [0.05, 0.1) is 0 Å². The van der Waals surface area contributed by atoms with E-state index in [4.69, 9.17) is 11.6 Å². The Balaban J connectivity index is 1.55. The molecule has 0 saturated carbocycles. The molecule has 27 heavy (non-hydrogen) atoms. The van der Waals surface area contributed by atoms with Crippen LogP contribution in [0.25, 0.3) is 0 Å². The van der Waals surface area contributed by atoms with Crippen LogP contribution in [0.5, 0.6) is 0 Å². The summed E-state index contributed by atoms with van der Waals surface area (Å²) >= 11 is 5.91. The zero-order chi connectivity index (χ0) is 19.0. The van der Waals surface area contributed by atoms with Crippen LogP contribution in [-0.2, 0) is 21.5 Å². The average Bonchev–Trinajstić information content (AvgIpc) is 2.87. The molecule has 1 aliphatic carbocycles. The van der Waals surface area contributed by atoms with Crippen molar-refractivity contribution in [1.82, 2.24) is 10.2 Å². The molecule has 1 aliphatic heterocycles. The van der Waals surface area contributed by atoms with Crippen LogP contribution < -0.4 is 10.6 Å². The average molecular weight is 384 g/mol. The first-order valence-electron chi connectivity index (χ1n) is 8.77. The molecular formula is C20H18ClN3O3. The first-order valence-corrected chi connectivity index (χ1v) is 9.15. The normalized spacial score (nSPS) is 21.1. The minimum atomic E-state index is -1.07. The van der Waals surface area contributed by atoms with Crippen LogP contribution in [0.1, 0.15) is 24.0 Å². The predicted molar refractivity (Wildman–Crippen MR) is 101 cm³/mol. The fourth-order valence-electron chi connectivity index (χ4n) is 3.87. The maximum Gasteiger partial charge on any atom is 0.325 e. The lowest BCUT2D eigenvalue weighted by Crippen LogP contribution is -2.47. The van der Waals surface area contributed by atoms with Crippen molar-refractivity contribution in [2.75, 3.05) is 11.9 Å². The van der Waals surface area contributed by atoms with E-state index in [1.807, 2.05) is 24.3 Å². The molecule has 2 aliphatic rings.